The zero-order chi connectivity index (χ0) is 15.5. The van der Waals surface area contributed by atoms with Crippen LogP contribution in [-0.2, 0) is 10.0 Å². The van der Waals surface area contributed by atoms with Crippen LogP contribution in [0, 0.1) is 10.1 Å². The van der Waals surface area contributed by atoms with Crippen molar-refractivity contribution in [3.8, 4) is 0 Å². The highest BCUT2D eigenvalue weighted by atomic mass is 32.2. The molecule has 0 radical (unpaired) electrons. The number of aromatic nitrogens is 3. The van der Waals surface area contributed by atoms with Gasteiger partial charge in [0.2, 0.25) is 5.13 Å². The average molecular weight is 330 g/mol. The first-order chi connectivity index (χ1) is 9.94. The number of benzene rings is 1. The summed E-state index contributed by atoms with van der Waals surface area (Å²) in [5, 5.41) is 20.5. The maximum Gasteiger partial charge on any atom is 0.293 e. The van der Waals surface area contributed by atoms with Crippen LogP contribution in [0.25, 0.3) is 0 Å². The molecule has 0 aliphatic rings. The fourth-order valence-corrected chi connectivity index (χ4v) is 3.12. The molecular formula is C9H10N6O4S2. The van der Waals surface area contributed by atoms with Gasteiger partial charge in [-0.2, -0.15) is 0 Å². The minimum Gasteiger partial charge on any atom is -0.380 e. The Morgan fingerprint density at radius 1 is 1.43 bits per heavy atom. The SMILES string of the molecule is CCNc1ccc(S(=O)(=O)Nc2nnns2)cc1[N+](=O)[O-]. The summed E-state index contributed by atoms with van der Waals surface area (Å²) >= 11 is 0.758. The maximum absolute atomic E-state index is 12.1. The van der Waals surface area contributed by atoms with Crippen molar-refractivity contribution in [2.24, 2.45) is 0 Å². The molecule has 0 aliphatic carbocycles. The third-order valence-corrected chi connectivity index (χ3v) is 4.34. The summed E-state index contributed by atoms with van der Waals surface area (Å²) in [6.07, 6.45) is 0. The van der Waals surface area contributed by atoms with Crippen molar-refractivity contribution in [2.75, 3.05) is 16.6 Å². The minimum absolute atomic E-state index is 0.0200. The van der Waals surface area contributed by atoms with E-state index in [0.717, 1.165) is 17.6 Å². The Bertz CT molecular complexity index is 746. The molecule has 0 unspecified atom stereocenters. The molecule has 0 fully saturated rings. The second kappa shape index (κ2) is 5.97. The Morgan fingerprint density at radius 2 is 2.19 bits per heavy atom. The van der Waals surface area contributed by atoms with Crippen LogP contribution < -0.4 is 10.0 Å². The van der Waals surface area contributed by atoms with Crippen molar-refractivity contribution in [1.29, 1.82) is 0 Å². The zero-order valence-electron chi connectivity index (χ0n) is 10.7. The van der Waals surface area contributed by atoms with Crippen LogP contribution in [0.5, 0.6) is 0 Å². The molecule has 2 N–H and O–H groups in total. The van der Waals surface area contributed by atoms with E-state index in [1.54, 1.807) is 6.92 Å². The van der Waals surface area contributed by atoms with Gasteiger partial charge in [-0.15, -0.1) is 0 Å². The Balaban J connectivity index is 2.39. The third-order valence-electron chi connectivity index (χ3n) is 2.36. The second-order valence-corrected chi connectivity index (χ2v) is 6.15. The van der Waals surface area contributed by atoms with E-state index in [9.17, 15) is 18.5 Å². The molecule has 112 valence electrons. The van der Waals surface area contributed by atoms with Crippen LogP contribution in [0.3, 0.4) is 0 Å². The lowest BCUT2D eigenvalue weighted by atomic mass is 10.2. The topological polar surface area (TPSA) is 140 Å². The first kappa shape index (κ1) is 15.1. The first-order valence-corrected chi connectivity index (χ1v) is 7.90. The van der Waals surface area contributed by atoms with Gasteiger partial charge in [0, 0.05) is 24.1 Å². The quantitative estimate of drug-likeness (QED) is 0.592. The number of rotatable bonds is 6. The van der Waals surface area contributed by atoms with Gasteiger partial charge in [0.25, 0.3) is 15.7 Å². The van der Waals surface area contributed by atoms with Crippen molar-refractivity contribution in [3.05, 3.63) is 28.3 Å². The lowest BCUT2D eigenvalue weighted by molar-refractivity contribution is -0.384. The van der Waals surface area contributed by atoms with E-state index in [1.165, 1.54) is 12.1 Å². The van der Waals surface area contributed by atoms with Gasteiger partial charge in [0.05, 0.1) is 9.82 Å². The summed E-state index contributed by atoms with van der Waals surface area (Å²) in [4.78, 5) is 10.1. The van der Waals surface area contributed by atoms with E-state index >= 15 is 0 Å². The molecule has 0 spiro atoms. The van der Waals surface area contributed by atoms with Crippen LogP contribution in [0.4, 0.5) is 16.5 Å². The highest BCUT2D eigenvalue weighted by Gasteiger charge is 2.22. The number of hydrogen-bond acceptors (Lipinski definition) is 9. The highest BCUT2D eigenvalue weighted by molar-refractivity contribution is 7.93. The van der Waals surface area contributed by atoms with E-state index in [0.29, 0.717) is 6.54 Å². The maximum atomic E-state index is 12.1. The van der Waals surface area contributed by atoms with Crippen molar-refractivity contribution in [1.82, 2.24) is 14.8 Å². The molecule has 0 amide bonds. The predicted molar refractivity (Wildman–Crippen MR) is 75.8 cm³/mol. The summed E-state index contributed by atoms with van der Waals surface area (Å²) in [5.41, 5.74) is -0.0749. The standard InChI is InChI=1S/C9H10N6O4S2/c1-2-10-7-4-3-6(5-8(7)15(16)17)21(18,19)12-9-11-13-14-20-9/h3-5,10H,2H2,1H3,(H,11,12,14). The first-order valence-electron chi connectivity index (χ1n) is 5.64. The largest absolute Gasteiger partial charge is 0.380 e. The van der Waals surface area contributed by atoms with Crippen LogP contribution >= 0.6 is 11.5 Å². The predicted octanol–water partition coefficient (Wildman–Crippen LogP) is 1.07. The van der Waals surface area contributed by atoms with E-state index in [4.69, 9.17) is 0 Å². The van der Waals surface area contributed by atoms with Crippen LogP contribution in [0.2, 0.25) is 0 Å². The van der Waals surface area contributed by atoms with E-state index < -0.39 is 14.9 Å². The molecule has 2 aromatic rings. The molecule has 10 nitrogen and oxygen atoms in total. The van der Waals surface area contributed by atoms with Gasteiger partial charge in [-0.1, -0.05) is 9.59 Å². The van der Waals surface area contributed by atoms with Crippen LogP contribution in [-0.4, -0.2) is 34.7 Å². The molecule has 0 atom stereocenters. The summed E-state index contributed by atoms with van der Waals surface area (Å²) < 4.78 is 29.8. The van der Waals surface area contributed by atoms with E-state index in [2.05, 4.69) is 24.8 Å². The Labute approximate surface area is 123 Å². The molecule has 2 rings (SSSR count). The molecule has 21 heavy (non-hydrogen) atoms. The van der Waals surface area contributed by atoms with Gasteiger partial charge in [0.1, 0.15) is 5.69 Å². The minimum atomic E-state index is -3.99. The molecular weight excluding hydrogens is 320 g/mol. The van der Waals surface area contributed by atoms with Crippen molar-refractivity contribution >= 4 is 38.1 Å². The van der Waals surface area contributed by atoms with Crippen molar-refractivity contribution in [3.63, 3.8) is 0 Å². The number of nitrogens with zero attached hydrogens (tertiary/aromatic N) is 4. The number of nitrogens with one attached hydrogen (secondary N) is 2. The lowest BCUT2D eigenvalue weighted by Crippen LogP contribution is -2.13. The fourth-order valence-electron chi connectivity index (χ4n) is 1.52. The Morgan fingerprint density at radius 3 is 2.76 bits per heavy atom. The van der Waals surface area contributed by atoms with Crippen LogP contribution in [0.1, 0.15) is 6.92 Å². The summed E-state index contributed by atoms with van der Waals surface area (Å²) in [6.45, 7) is 2.25. The fraction of sp³-hybridized carbons (Fsp3) is 0.222. The van der Waals surface area contributed by atoms with Gasteiger partial charge in [-0.3, -0.25) is 14.8 Å². The Hall–Kier alpha value is -2.34. The summed E-state index contributed by atoms with van der Waals surface area (Å²) in [7, 11) is -3.99. The monoisotopic (exact) mass is 330 g/mol. The van der Waals surface area contributed by atoms with Gasteiger partial charge in [0.15, 0.2) is 0 Å². The molecule has 0 saturated carbocycles. The van der Waals surface area contributed by atoms with E-state index in [-0.39, 0.29) is 21.4 Å². The van der Waals surface area contributed by atoms with Gasteiger partial charge in [-0.25, -0.2) is 8.42 Å². The smallest absolute Gasteiger partial charge is 0.293 e. The number of anilines is 2. The second-order valence-electron chi connectivity index (χ2n) is 3.74. The summed E-state index contributed by atoms with van der Waals surface area (Å²) in [5.74, 6) is 0. The normalized spacial score (nSPS) is 11.1. The molecule has 0 saturated heterocycles. The average Bonchev–Trinajstić information content (AvgIpc) is 2.91. The number of nitro groups is 1. The zero-order valence-corrected chi connectivity index (χ0v) is 12.3. The lowest BCUT2D eigenvalue weighted by Gasteiger charge is -2.08. The number of hydrogen-bond donors (Lipinski definition) is 2. The molecule has 0 bridgehead atoms. The molecule has 12 heteroatoms. The van der Waals surface area contributed by atoms with E-state index in [1.807, 2.05) is 0 Å². The highest BCUT2D eigenvalue weighted by Crippen LogP contribution is 2.28. The number of nitro benzene ring substituents is 1. The van der Waals surface area contributed by atoms with Gasteiger partial charge >= 0.3 is 0 Å². The van der Waals surface area contributed by atoms with Crippen LogP contribution in [0.15, 0.2) is 23.1 Å². The molecule has 1 aromatic carbocycles. The van der Waals surface area contributed by atoms with Gasteiger partial charge in [-0.05, 0) is 24.3 Å². The third kappa shape index (κ3) is 3.41. The Kier molecular flexibility index (Phi) is 4.28. The molecule has 1 heterocycles. The van der Waals surface area contributed by atoms with Crippen molar-refractivity contribution in [2.45, 2.75) is 11.8 Å². The molecule has 0 aliphatic heterocycles. The van der Waals surface area contributed by atoms with Crippen molar-refractivity contribution < 1.29 is 13.3 Å². The molecule has 1 aromatic heterocycles. The van der Waals surface area contributed by atoms with Gasteiger partial charge < -0.3 is 5.32 Å². The summed E-state index contributed by atoms with van der Waals surface area (Å²) in [6, 6.07) is 3.59. The number of sulfonamides is 1.